The zero-order valence-corrected chi connectivity index (χ0v) is 15.1. The Morgan fingerprint density at radius 2 is 1.85 bits per heavy atom. The number of hydrogen-bond acceptors (Lipinski definition) is 6. The zero-order valence-electron chi connectivity index (χ0n) is 14.3. The fraction of sp³-hybridized carbons (Fsp3) is 0.211. The number of aromatic nitrogens is 3. The van der Waals surface area contributed by atoms with Crippen LogP contribution in [0.3, 0.4) is 0 Å². The summed E-state index contributed by atoms with van der Waals surface area (Å²) in [6.07, 6.45) is -0.0349. The molecule has 6 nitrogen and oxygen atoms in total. The van der Waals surface area contributed by atoms with E-state index in [0.717, 1.165) is 11.1 Å². The Balaban J connectivity index is 1.98. The summed E-state index contributed by atoms with van der Waals surface area (Å²) in [7, 11) is 1.62. The number of hydrogen-bond donors (Lipinski definition) is 0. The molecule has 0 bridgehead atoms. The van der Waals surface area contributed by atoms with E-state index < -0.39 is 5.97 Å². The minimum atomic E-state index is -1.07. The van der Waals surface area contributed by atoms with Gasteiger partial charge in [0.1, 0.15) is 5.75 Å². The van der Waals surface area contributed by atoms with Crippen molar-refractivity contribution in [2.75, 3.05) is 12.9 Å². The molecule has 0 aliphatic rings. The molecule has 3 aromatic rings. The highest BCUT2D eigenvalue weighted by molar-refractivity contribution is 7.99. The summed E-state index contributed by atoms with van der Waals surface area (Å²) >= 11 is 1.35. The molecule has 0 atom stereocenters. The monoisotopic (exact) mass is 368 g/mol. The van der Waals surface area contributed by atoms with E-state index >= 15 is 0 Å². The second kappa shape index (κ2) is 8.53. The van der Waals surface area contributed by atoms with Crippen molar-refractivity contribution in [3.05, 3.63) is 60.2 Å². The van der Waals surface area contributed by atoms with E-state index in [1.807, 2.05) is 59.2 Å². The first kappa shape index (κ1) is 18.0. The number of rotatable bonds is 8. The van der Waals surface area contributed by atoms with Crippen molar-refractivity contribution in [2.24, 2.45) is 0 Å². The number of carbonyl (C=O) groups is 1. The lowest BCUT2D eigenvalue weighted by Gasteiger charge is -2.12. The Kier molecular flexibility index (Phi) is 5.91. The van der Waals surface area contributed by atoms with Gasteiger partial charge >= 0.3 is 0 Å². The molecular formula is C19H18N3O3S-. The van der Waals surface area contributed by atoms with Crippen LogP contribution in [-0.2, 0) is 11.3 Å². The Morgan fingerprint density at radius 1 is 1.12 bits per heavy atom. The maximum atomic E-state index is 10.7. The van der Waals surface area contributed by atoms with Crippen molar-refractivity contribution in [1.29, 1.82) is 0 Å². The van der Waals surface area contributed by atoms with Crippen LogP contribution in [0.4, 0.5) is 0 Å². The number of benzene rings is 2. The fourth-order valence-electron chi connectivity index (χ4n) is 2.56. The van der Waals surface area contributed by atoms with Gasteiger partial charge in [0, 0.05) is 11.7 Å². The Bertz CT molecular complexity index is 881. The molecule has 7 heteroatoms. The Labute approximate surface area is 155 Å². The van der Waals surface area contributed by atoms with Crippen molar-refractivity contribution < 1.29 is 14.6 Å². The Hall–Kier alpha value is -2.80. The van der Waals surface area contributed by atoms with E-state index in [0.29, 0.717) is 29.0 Å². The van der Waals surface area contributed by atoms with Crippen LogP contribution in [0.5, 0.6) is 5.75 Å². The third-order valence-electron chi connectivity index (χ3n) is 3.79. The van der Waals surface area contributed by atoms with Crippen molar-refractivity contribution in [3.63, 3.8) is 0 Å². The van der Waals surface area contributed by atoms with E-state index in [1.165, 1.54) is 11.8 Å². The van der Waals surface area contributed by atoms with Gasteiger partial charge in [-0.15, -0.1) is 10.2 Å². The summed E-state index contributed by atoms with van der Waals surface area (Å²) in [5.74, 6) is 0.695. The fourth-order valence-corrected chi connectivity index (χ4v) is 3.41. The number of ether oxygens (including phenoxy) is 1. The van der Waals surface area contributed by atoms with E-state index in [1.54, 1.807) is 7.11 Å². The third-order valence-corrected chi connectivity index (χ3v) is 4.75. The molecule has 2 aromatic carbocycles. The summed E-state index contributed by atoms with van der Waals surface area (Å²) in [6.45, 7) is 0.578. The van der Waals surface area contributed by atoms with Crippen LogP contribution in [0, 0.1) is 0 Å². The van der Waals surface area contributed by atoms with Gasteiger partial charge in [-0.05, 0) is 24.1 Å². The highest BCUT2D eigenvalue weighted by Crippen LogP contribution is 2.31. The molecule has 0 saturated heterocycles. The molecule has 0 N–H and O–H groups in total. The minimum Gasteiger partial charge on any atom is -0.550 e. The molecule has 0 aliphatic heterocycles. The van der Waals surface area contributed by atoms with Gasteiger partial charge in [0.2, 0.25) is 0 Å². The SMILES string of the molecule is COc1ccccc1-c1nnc(SCCC(=O)[O-])n1Cc1ccccc1. The molecule has 26 heavy (non-hydrogen) atoms. The average Bonchev–Trinajstić information content (AvgIpc) is 3.04. The van der Waals surface area contributed by atoms with Crippen LogP contribution in [0.2, 0.25) is 0 Å². The zero-order chi connectivity index (χ0) is 18.4. The Morgan fingerprint density at radius 3 is 2.58 bits per heavy atom. The van der Waals surface area contributed by atoms with Crippen molar-refractivity contribution in [2.45, 2.75) is 18.1 Å². The predicted octanol–water partition coefficient (Wildman–Crippen LogP) is 2.23. The van der Waals surface area contributed by atoms with Crippen LogP contribution in [0.1, 0.15) is 12.0 Å². The van der Waals surface area contributed by atoms with E-state index in [9.17, 15) is 9.90 Å². The van der Waals surface area contributed by atoms with Gasteiger partial charge in [-0.2, -0.15) is 0 Å². The standard InChI is InChI=1S/C19H19N3O3S/c1-25-16-10-6-5-9-15(16)18-20-21-19(26-12-11-17(23)24)22(18)13-14-7-3-2-4-8-14/h2-10H,11-13H2,1H3,(H,23,24)/p-1. The van der Waals surface area contributed by atoms with Crippen molar-refractivity contribution in [1.82, 2.24) is 14.8 Å². The van der Waals surface area contributed by atoms with Gasteiger partial charge in [0.25, 0.3) is 0 Å². The maximum Gasteiger partial charge on any atom is 0.191 e. The molecule has 1 heterocycles. The number of methoxy groups -OCH3 is 1. The lowest BCUT2D eigenvalue weighted by Crippen LogP contribution is -2.22. The first-order valence-electron chi connectivity index (χ1n) is 8.12. The highest BCUT2D eigenvalue weighted by Gasteiger charge is 2.17. The van der Waals surface area contributed by atoms with Gasteiger partial charge in [-0.1, -0.05) is 54.2 Å². The van der Waals surface area contributed by atoms with E-state index in [4.69, 9.17) is 4.74 Å². The summed E-state index contributed by atoms with van der Waals surface area (Å²) in [4.78, 5) is 10.7. The molecule has 3 rings (SSSR count). The largest absolute Gasteiger partial charge is 0.550 e. The van der Waals surface area contributed by atoms with Crippen LogP contribution in [0.15, 0.2) is 59.8 Å². The topological polar surface area (TPSA) is 80.1 Å². The number of carboxylic acids is 1. The van der Waals surface area contributed by atoms with Crippen LogP contribution in [0.25, 0.3) is 11.4 Å². The molecule has 0 amide bonds. The quantitative estimate of drug-likeness (QED) is 0.567. The molecule has 1 aromatic heterocycles. The van der Waals surface area contributed by atoms with Gasteiger partial charge in [-0.25, -0.2) is 0 Å². The molecule has 0 saturated carbocycles. The number of aliphatic carboxylic acids is 1. The molecule has 134 valence electrons. The number of carbonyl (C=O) groups excluding carboxylic acids is 1. The van der Waals surface area contributed by atoms with Gasteiger partial charge in [-0.3, -0.25) is 4.57 Å². The molecule has 0 radical (unpaired) electrons. The highest BCUT2D eigenvalue weighted by atomic mass is 32.2. The number of carboxylic acid groups (broad SMARTS) is 1. The third kappa shape index (κ3) is 4.23. The van der Waals surface area contributed by atoms with Crippen molar-refractivity contribution in [3.8, 4) is 17.1 Å². The summed E-state index contributed by atoms with van der Waals surface area (Å²) in [5.41, 5.74) is 1.94. The lowest BCUT2D eigenvalue weighted by atomic mass is 10.1. The van der Waals surface area contributed by atoms with Gasteiger partial charge in [0.15, 0.2) is 11.0 Å². The van der Waals surface area contributed by atoms with Crippen LogP contribution in [-0.4, -0.2) is 33.6 Å². The van der Waals surface area contributed by atoms with Gasteiger partial charge < -0.3 is 14.6 Å². The normalized spacial score (nSPS) is 10.7. The minimum absolute atomic E-state index is 0.0349. The molecule has 0 fully saturated rings. The predicted molar refractivity (Wildman–Crippen MR) is 97.9 cm³/mol. The van der Waals surface area contributed by atoms with Crippen LogP contribution < -0.4 is 9.84 Å². The summed E-state index contributed by atoms with van der Waals surface area (Å²) in [5, 5.41) is 20.0. The second-order valence-electron chi connectivity index (χ2n) is 5.55. The lowest BCUT2D eigenvalue weighted by molar-refractivity contribution is -0.305. The van der Waals surface area contributed by atoms with Gasteiger partial charge in [0.05, 0.1) is 19.2 Å². The first-order chi connectivity index (χ1) is 12.7. The van der Waals surface area contributed by atoms with Crippen molar-refractivity contribution >= 4 is 17.7 Å². The molecule has 0 aliphatic carbocycles. The van der Waals surface area contributed by atoms with Crippen LogP contribution >= 0.6 is 11.8 Å². The maximum absolute atomic E-state index is 10.7. The summed E-state index contributed by atoms with van der Waals surface area (Å²) in [6, 6.07) is 17.6. The molecule has 0 spiro atoms. The molecule has 0 unspecified atom stereocenters. The number of para-hydroxylation sites is 1. The average molecular weight is 368 g/mol. The molecular weight excluding hydrogens is 350 g/mol. The smallest absolute Gasteiger partial charge is 0.191 e. The first-order valence-corrected chi connectivity index (χ1v) is 9.10. The van der Waals surface area contributed by atoms with E-state index in [2.05, 4.69) is 10.2 Å². The number of nitrogens with zero attached hydrogens (tertiary/aromatic N) is 3. The summed E-state index contributed by atoms with van der Waals surface area (Å²) < 4.78 is 7.43. The second-order valence-corrected chi connectivity index (χ2v) is 6.61. The van der Waals surface area contributed by atoms with E-state index in [-0.39, 0.29) is 6.42 Å². The number of thioether (sulfide) groups is 1.